The number of carboxylic acids is 1. The van der Waals surface area contributed by atoms with Crippen molar-refractivity contribution >= 4 is 43.5 Å². The van der Waals surface area contributed by atoms with Gasteiger partial charge in [0, 0.05) is 23.1 Å². The zero-order valence-corrected chi connectivity index (χ0v) is 20.7. The Morgan fingerprint density at radius 1 is 1.18 bits per heavy atom. The van der Waals surface area contributed by atoms with Crippen LogP contribution in [0.3, 0.4) is 0 Å². The predicted molar refractivity (Wildman–Crippen MR) is 131 cm³/mol. The van der Waals surface area contributed by atoms with E-state index in [1.807, 2.05) is 25.2 Å². The van der Waals surface area contributed by atoms with Crippen molar-refractivity contribution in [1.29, 1.82) is 0 Å². The summed E-state index contributed by atoms with van der Waals surface area (Å²) in [5.74, 6) is -1.40. The summed E-state index contributed by atoms with van der Waals surface area (Å²) in [7, 11) is -3.71. The number of piperidine rings is 1. The Labute approximate surface area is 202 Å². The fourth-order valence-electron chi connectivity index (χ4n) is 3.53. The summed E-state index contributed by atoms with van der Waals surface area (Å²) in [6.45, 7) is 4.77. The Morgan fingerprint density at radius 2 is 1.88 bits per heavy atom. The molecule has 9 heteroatoms. The maximum atomic E-state index is 13.1. The molecule has 2 N–H and O–H groups in total. The van der Waals surface area contributed by atoms with E-state index in [1.54, 1.807) is 6.07 Å². The molecule has 2 aromatic rings. The quantitative estimate of drug-likeness (QED) is 0.548. The van der Waals surface area contributed by atoms with Gasteiger partial charge in [0.05, 0.1) is 16.1 Å². The summed E-state index contributed by atoms with van der Waals surface area (Å²) < 4.78 is 28.3. The summed E-state index contributed by atoms with van der Waals surface area (Å²) in [6.07, 6.45) is 6.52. The highest BCUT2D eigenvalue weighted by atomic mass is 79.9. The number of nitrogens with zero attached hydrogens (tertiary/aromatic N) is 1. The second-order valence-electron chi connectivity index (χ2n) is 7.77. The molecule has 0 radical (unpaired) electrons. The molecule has 1 saturated heterocycles. The van der Waals surface area contributed by atoms with E-state index >= 15 is 0 Å². The molecule has 7 nitrogen and oxygen atoms in total. The number of sulfonamides is 1. The maximum Gasteiger partial charge on any atom is 0.337 e. The van der Waals surface area contributed by atoms with E-state index in [9.17, 15) is 23.1 Å². The van der Waals surface area contributed by atoms with Gasteiger partial charge in [0.25, 0.3) is 5.91 Å². The lowest BCUT2D eigenvalue weighted by molar-refractivity contribution is 0.0698. The van der Waals surface area contributed by atoms with Gasteiger partial charge < -0.3 is 10.4 Å². The van der Waals surface area contributed by atoms with Crippen LogP contribution in [0.5, 0.6) is 0 Å². The molecule has 1 aliphatic rings. The third kappa shape index (κ3) is 5.79. The molecule has 1 amide bonds. The van der Waals surface area contributed by atoms with Crippen molar-refractivity contribution in [2.24, 2.45) is 5.92 Å². The van der Waals surface area contributed by atoms with Crippen LogP contribution in [-0.4, -0.2) is 42.8 Å². The van der Waals surface area contributed by atoms with E-state index in [1.165, 1.54) is 40.7 Å². The first-order valence-electron chi connectivity index (χ1n) is 10.4. The Hall–Kier alpha value is -2.75. The van der Waals surface area contributed by atoms with E-state index in [4.69, 9.17) is 0 Å². The van der Waals surface area contributed by atoms with Crippen molar-refractivity contribution < 1.29 is 23.1 Å². The van der Waals surface area contributed by atoms with Crippen molar-refractivity contribution in [3.8, 4) is 0 Å². The topological polar surface area (TPSA) is 104 Å². The molecule has 174 valence electrons. The summed E-state index contributed by atoms with van der Waals surface area (Å²) in [6, 6.07) is 10.1. The average Bonchev–Trinajstić information content (AvgIpc) is 2.79. The molecule has 3 rings (SSSR count). The minimum Gasteiger partial charge on any atom is -0.478 e. The van der Waals surface area contributed by atoms with Crippen molar-refractivity contribution in [2.75, 3.05) is 18.4 Å². The number of allylic oxidation sites excluding steroid dienone is 3. The summed E-state index contributed by atoms with van der Waals surface area (Å²) in [5, 5.41) is 11.9. The van der Waals surface area contributed by atoms with Crippen LogP contribution in [0.1, 0.15) is 41.0 Å². The lowest BCUT2D eigenvalue weighted by Gasteiger charge is -2.32. The Bertz CT molecular complexity index is 1220. The van der Waals surface area contributed by atoms with Crippen LogP contribution in [0.4, 0.5) is 5.69 Å². The number of carbonyl (C=O) groups is 2. The van der Waals surface area contributed by atoms with E-state index in [0.29, 0.717) is 23.5 Å². The monoisotopic (exact) mass is 532 g/mol. The van der Waals surface area contributed by atoms with Crippen molar-refractivity contribution in [3.63, 3.8) is 0 Å². The first-order valence-corrected chi connectivity index (χ1v) is 12.6. The Kier molecular flexibility index (Phi) is 7.88. The smallest absolute Gasteiger partial charge is 0.337 e. The molecule has 1 unspecified atom stereocenters. The van der Waals surface area contributed by atoms with E-state index in [0.717, 1.165) is 12.0 Å². The standard InChI is InChI=1S/C24H25BrN2O5S/c1-3-4-5-18-15-27(13-12-16(18)2)33(31,32)20-9-6-17(7-10-20)23(28)26-22-11-8-19(25)14-21(22)24(29)30/h3-11,14,16H,12-13,15H2,1-2H3,(H,26,28)(H,29,30)/b4-3-,18-5-. The number of amides is 1. The van der Waals surface area contributed by atoms with Gasteiger partial charge in [0.1, 0.15) is 0 Å². The SMILES string of the molecule is C/C=C\C=C1\CN(S(=O)(=O)c2ccc(C(=O)Nc3ccc(Br)cc3C(=O)O)cc2)CCC1C. The van der Waals surface area contributed by atoms with Gasteiger partial charge in [-0.15, -0.1) is 0 Å². The summed E-state index contributed by atoms with van der Waals surface area (Å²) in [4.78, 5) is 24.2. The normalized spacial score (nSPS) is 18.5. The van der Waals surface area contributed by atoms with E-state index < -0.39 is 21.9 Å². The van der Waals surface area contributed by atoms with Gasteiger partial charge in [0.15, 0.2) is 0 Å². The molecule has 0 saturated carbocycles. The first-order chi connectivity index (χ1) is 15.6. The highest BCUT2D eigenvalue weighted by molar-refractivity contribution is 9.10. The maximum absolute atomic E-state index is 13.1. The molecule has 2 aromatic carbocycles. The van der Waals surface area contributed by atoms with Crippen molar-refractivity contribution in [2.45, 2.75) is 25.2 Å². The fraction of sp³-hybridized carbons (Fsp3) is 0.250. The molecule has 0 spiro atoms. The average molecular weight is 533 g/mol. The van der Waals surface area contributed by atoms with Crippen molar-refractivity contribution in [3.05, 3.63) is 81.9 Å². The van der Waals surface area contributed by atoms with Gasteiger partial charge in [-0.2, -0.15) is 4.31 Å². The van der Waals surface area contributed by atoms with Gasteiger partial charge in [-0.1, -0.05) is 46.7 Å². The molecule has 1 atom stereocenters. The van der Waals surface area contributed by atoms with Crippen LogP contribution in [0.2, 0.25) is 0 Å². The summed E-state index contributed by atoms with van der Waals surface area (Å²) in [5.41, 5.74) is 1.37. The van der Waals surface area contributed by atoms with Crippen LogP contribution >= 0.6 is 15.9 Å². The van der Waals surface area contributed by atoms with Gasteiger partial charge in [0.2, 0.25) is 10.0 Å². The molecule has 33 heavy (non-hydrogen) atoms. The molecular formula is C24H25BrN2O5S. The number of carboxylic acid groups (broad SMARTS) is 1. The number of hydrogen-bond acceptors (Lipinski definition) is 4. The van der Waals surface area contributed by atoms with Crippen LogP contribution < -0.4 is 5.32 Å². The van der Waals surface area contributed by atoms with Gasteiger partial charge in [-0.05, 0) is 61.7 Å². The number of anilines is 1. The van der Waals surface area contributed by atoms with Crippen LogP contribution in [0.25, 0.3) is 0 Å². The molecule has 0 aromatic heterocycles. The number of hydrogen-bond donors (Lipinski definition) is 2. The largest absolute Gasteiger partial charge is 0.478 e. The molecule has 0 aliphatic carbocycles. The lowest BCUT2D eigenvalue weighted by Crippen LogP contribution is -2.39. The van der Waals surface area contributed by atoms with E-state index in [-0.39, 0.29) is 21.7 Å². The molecule has 0 bridgehead atoms. The van der Waals surface area contributed by atoms with Gasteiger partial charge >= 0.3 is 5.97 Å². The van der Waals surface area contributed by atoms with Gasteiger partial charge in [-0.25, -0.2) is 13.2 Å². The third-order valence-electron chi connectivity index (χ3n) is 5.52. The zero-order valence-electron chi connectivity index (χ0n) is 18.3. The predicted octanol–water partition coefficient (Wildman–Crippen LogP) is 4.93. The number of benzene rings is 2. The zero-order chi connectivity index (χ0) is 24.2. The van der Waals surface area contributed by atoms with Crippen LogP contribution in [0.15, 0.2) is 75.6 Å². The minimum atomic E-state index is -3.71. The number of halogens is 1. The second kappa shape index (κ2) is 10.5. The Balaban J connectivity index is 1.78. The van der Waals surface area contributed by atoms with E-state index in [2.05, 4.69) is 28.2 Å². The fourth-order valence-corrected chi connectivity index (χ4v) is 5.33. The van der Waals surface area contributed by atoms with Crippen LogP contribution in [0, 0.1) is 5.92 Å². The molecule has 1 fully saturated rings. The van der Waals surface area contributed by atoms with Crippen LogP contribution in [-0.2, 0) is 10.0 Å². The molecule has 1 heterocycles. The third-order valence-corrected chi connectivity index (χ3v) is 7.87. The minimum absolute atomic E-state index is 0.0574. The summed E-state index contributed by atoms with van der Waals surface area (Å²) >= 11 is 3.21. The second-order valence-corrected chi connectivity index (χ2v) is 10.6. The molecule has 1 aliphatic heterocycles. The number of rotatable bonds is 6. The number of carbonyl (C=O) groups excluding carboxylic acids is 1. The lowest BCUT2D eigenvalue weighted by atomic mass is 9.94. The Morgan fingerprint density at radius 3 is 2.52 bits per heavy atom. The van der Waals surface area contributed by atoms with Gasteiger partial charge in [-0.3, -0.25) is 4.79 Å². The number of nitrogens with one attached hydrogen (secondary N) is 1. The molecular weight excluding hydrogens is 508 g/mol. The number of aromatic carboxylic acids is 1. The highest BCUT2D eigenvalue weighted by Gasteiger charge is 2.30. The first kappa shape index (κ1) is 24.9. The highest BCUT2D eigenvalue weighted by Crippen LogP contribution is 2.28. The van der Waals surface area contributed by atoms with Crippen molar-refractivity contribution in [1.82, 2.24) is 4.31 Å².